The lowest BCUT2D eigenvalue weighted by atomic mass is 9.87. The summed E-state index contributed by atoms with van der Waals surface area (Å²) in [4.78, 5) is 10.1. The van der Waals surface area contributed by atoms with Crippen molar-refractivity contribution in [1.29, 1.82) is 0 Å². The highest BCUT2D eigenvalue weighted by molar-refractivity contribution is 6.35. The lowest BCUT2D eigenvalue weighted by molar-refractivity contribution is 0.0928. The molecule has 1 fully saturated rings. The molecule has 1 aromatic heterocycles. The lowest BCUT2D eigenvalue weighted by Gasteiger charge is -2.35. The molecule has 0 spiro atoms. The Kier molecular flexibility index (Phi) is 4.63. The zero-order chi connectivity index (χ0) is 16.4. The summed E-state index contributed by atoms with van der Waals surface area (Å²) in [7, 11) is 0. The first-order valence-corrected chi connectivity index (χ1v) is 7.88. The fourth-order valence-electron chi connectivity index (χ4n) is 2.95. The Hall–Kier alpha value is -1.92. The van der Waals surface area contributed by atoms with Crippen LogP contribution in [0.5, 0.6) is 0 Å². The van der Waals surface area contributed by atoms with E-state index in [1.165, 1.54) is 18.5 Å². The number of aliphatic hydroxyl groups excluding tert-OH is 1. The summed E-state index contributed by atoms with van der Waals surface area (Å²) in [5.41, 5.74) is 6.46. The van der Waals surface area contributed by atoms with E-state index in [1.54, 1.807) is 12.1 Å². The van der Waals surface area contributed by atoms with E-state index in [2.05, 4.69) is 9.97 Å². The molecular formula is C16H18ClFN4O. The number of piperidine rings is 1. The Balaban J connectivity index is 1.66. The third-order valence-electron chi connectivity index (χ3n) is 4.30. The van der Waals surface area contributed by atoms with Crippen LogP contribution in [0, 0.1) is 11.7 Å². The lowest BCUT2D eigenvalue weighted by Crippen LogP contribution is -2.36. The zero-order valence-corrected chi connectivity index (χ0v) is 13.2. The van der Waals surface area contributed by atoms with Crippen LogP contribution in [0.3, 0.4) is 0 Å². The van der Waals surface area contributed by atoms with Gasteiger partial charge in [-0.25, -0.2) is 14.4 Å². The molecule has 3 rings (SSSR count). The maximum atomic E-state index is 13.0. The first kappa shape index (κ1) is 16.0. The van der Waals surface area contributed by atoms with Crippen molar-refractivity contribution in [2.45, 2.75) is 18.9 Å². The van der Waals surface area contributed by atoms with E-state index in [9.17, 15) is 9.50 Å². The number of aliphatic hydroxyl groups is 1. The van der Waals surface area contributed by atoms with Crippen molar-refractivity contribution in [1.82, 2.24) is 9.97 Å². The van der Waals surface area contributed by atoms with Gasteiger partial charge in [-0.2, -0.15) is 0 Å². The summed E-state index contributed by atoms with van der Waals surface area (Å²) < 4.78 is 13.0. The monoisotopic (exact) mass is 336 g/mol. The second-order valence-electron chi connectivity index (χ2n) is 5.72. The summed E-state index contributed by atoms with van der Waals surface area (Å²) in [6.07, 6.45) is 2.39. The van der Waals surface area contributed by atoms with E-state index in [0.29, 0.717) is 10.8 Å². The van der Waals surface area contributed by atoms with Crippen LogP contribution in [0.4, 0.5) is 16.0 Å². The van der Waals surface area contributed by atoms with E-state index in [4.69, 9.17) is 17.3 Å². The van der Waals surface area contributed by atoms with Crippen LogP contribution in [0.15, 0.2) is 30.6 Å². The quantitative estimate of drug-likeness (QED) is 0.901. The molecular weight excluding hydrogens is 319 g/mol. The van der Waals surface area contributed by atoms with Crippen LogP contribution >= 0.6 is 11.6 Å². The topological polar surface area (TPSA) is 75.3 Å². The third kappa shape index (κ3) is 3.38. The molecule has 0 saturated carbocycles. The van der Waals surface area contributed by atoms with Crippen molar-refractivity contribution in [3.05, 3.63) is 47.0 Å². The molecule has 0 bridgehead atoms. The molecule has 0 amide bonds. The number of nitrogen functional groups attached to an aromatic ring is 1. The molecule has 23 heavy (non-hydrogen) atoms. The number of halogens is 2. The summed E-state index contributed by atoms with van der Waals surface area (Å²) in [6.45, 7) is 1.44. The SMILES string of the molecule is Nc1ncnc(N2CCC([C@H](O)c3ccc(F)cc3)CC2)c1Cl. The fraction of sp³-hybridized carbons (Fsp3) is 0.375. The number of aromatic nitrogens is 2. The van der Waals surface area contributed by atoms with Gasteiger partial charge in [0.15, 0.2) is 5.82 Å². The van der Waals surface area contributed by atoms with Crippen molar-refractivity contribution in [2.75, 3.05) is 23.7 Å². The highest BCUT2D eigenvalue weighted by Crippen LogP contribution is 2.34. The second-order valence-corrected chi connectivity index (χ2v) is 6.10. The summed E-state index contributed by atoms with van der Waals surface area (Å²) in [5, 5.41) is 10.8. The van der Waals surface area contributed by atoms with Gasteiger partial charge in [0.05, 0.1) is 6.10 Å². The number of nitrogens with two attached hydrogens (primary N) is 1. The van der Waals surface area contributed by atoms with Crippen LogP contribution in [0.1, 0.15) is 24.5 Å². The number of anilines is 2. The van der Waals surface area contributed by atoms with E-state index in [1.807, 2.05) is 4.90 Å². The Morgan fingerprint density at radius 1 is 1.22 bits per heavy atom. The molecule has 5 nitrogen and oxygen atoms in total. The van der Waals surface area contributed by atoms with Crippen molar-refractivity contribution in [3.63, 3.8) is 0 Å². The molecule has 1 aliphatic heterocycles. The Bertz CT molecular complexity index is 674. The average molecular weight is 337 g/mol. The van der Waals surface area contributed by atoms with Crippen molar-refractivity contribution < 1.29 is 9.50 Å². The Labute approximate surface area is 138 Å². The van der Waals surface area contributed by atoms with Gasteiger partial charge >= 0.3 is 0 Å². The molecule has 3 N–H and O–H groups in total. The molecule has 0 aliphatic carbocycles. The van der Waals surface area contributed by atoms with E-state index in [0.717, 1.165) is 31.5 Å². The zero-order valence-electron chi connectivity index (χ0n) is 12.5. The van der Waals surface area contributed by atoms with Gasteiger partial charge in [0, 0.05) is 13.1 Å². The van der Waals surface area contributed by atoms with Crippen LogP contribution in [0.2, 0.25) is 5.02 Å². The van der Waals surface area contributed by atoms with Gasteiger partial charge in [0.2, 0.25) is 0 Å². The number of benzene rings is 1. The molecule has 122 valence electrons. The highest BCUT2D eigenvalue weighted by Gasteiger charge is 2.28. The van der Waals surface area contributed by atoms with E-state index in [-0.39, 0.29) is 17.6 Å². The maximum Gasteiger partial charge on any atom is 0.153 e. The second kappa shape index (κ2) is 6.68. The predicted octanol–water partition coefficient (Wildman–Crippen LogP) is 2.80. The van der Waals surface area contributed by atoms with Gasteiger partial charge in [0.25, 0.3) is 0 Å². The van der Waals surface area contributed by atoms with Gasteiger partial charge in [-0.3, -0.25) is 0 Å². The number of hydrogen-bond acceptors (Lipinski definition) is 5. The van der Waals surface area contributed by atoms with Crippen molar-refractivity contribution in [3.8, 4) is 0 Å². The predicted molar refractivity (Wildman–Crippen MR) is 87.8 cm³/mol. The largest absolute Gasteiger partial charge is 0.388 e. The number of rotatable bonds is 3. The van der Waals surface area contributed by atoms with Crippen LogP contribution in [0.25, 0.3) is 0 Å². The molecule has 1 saturated heterocycles. The van der Waals surface area contributed by atoms with E-state index < -0.39 is 6.10 Å². The minimum Gasteiger partial charge on any atom is -0.388 e. The average Bonchev–Trinajstić information content (AvgIpc) is 2.58. The summed E-state index contributed by atoms with van der Waals surface area (Å²) in [5.74, 6) is 0.723. The third-order valence-corrected chi connectivity index (χ3v) is 4.66. The minimum absolute atomic E-state index is 0.120. The normalized spacial score (nSPS) is 17.3. The molecule has 0 unspecified atom stereocenters. The molecule has 2 heterocycles. The summed E-state index contributed by atoms with van der Waals surface area (Å²) in [6, 6.07) is 6.01. The molecule has 7 heteroatoms. The molecule has 2 aromatic rings. The van der Waals surface area contributed by atoms with E-state index >= 15 is 0 Å². The smallest absolute Gasteiger partial charge is 0.153 e. The number of nitrogens with zero attached hydrogens (tertiary/aromatic N) is 3. The summed E-state index contributed by atoms with van der Waals surface area (Å²) >= 11 is 6.16. The molecule has 1 aromatic carbocycles. The van der Waals surface area contributed by atoms with Crippen LogP contribution in [-0.4, -0.2) is 28.2 Å². The molecule has 0 radical (unpaired) electrons. The van der Waals surface area contributed by atoms with Crippen molar-refractivity contribution in [2.24, 2.45) is 5.92 Å². The first-order valence-electron chi connectivity index (χ1n) is 7.50. The van der Waals surface area contributed by atoms with Gasteiger partial charge in [-0.1, -0.05) is 23.7 Å². The van der Waals surface area contributed by atoms with Gasteiger partial charge < -0.3 is 15.7 Å². The number of hydrogen-bond donors (Lipinski definition) is 2. The van der Waals surface area contributed by atoms with Crippen LogP contribution in [-0.2, 0) is 0 Å². The molecule has 1 atom stereocenters. The van der Waals surface area contributed by atoms with Gasteiger partial charge in [-0.05, 0) is 36.5 Å². The standard InChI is InChI=1S/C16H18ClFN4O/c17-13-15(19)20-9-21-16(13)22-7-5-11(6-8-22)14(23)10-1-3-12(18)4-2-10/h1-4,9,11,14,23H,5-8H2,(H2,19,20,21)/t14-/m1/s1. The Morgan fingerprint density at radius 3 is 2.52 bits per heavy atom. The van der Waals surface area contributed by atoms with Gasteiger partial charge in [0.1, 0.15) is 23.0 Å². The fourth-order valence-corrected chi connectivity index (χ4v) is 3.17. The van der Waals surface area contributed by atoms with Gasteiger partial charge in [-0.15, -0.1) is 0 Å². The Morgan fingerprint density at radius 2 is 1.87 bits per heavy atom. The first-order chi connectivity index (χ1) is 11.1. The molecule has 1 aliphatic rings. The maximum absolute atomic E-state index is 13.0. The van der Waals surface area contributed by atoms with Crippen molar-refractivity contribution >= 4 is 23.2 Å². The minimum atomic E-state index is -0.594. The highest BCUT2D eigenvalue weighted by atomic mass is 35.5. The van der Waals surface area contributed by atoms with Crippen LogP contribution < -0.4 is 10.6 Å².